The molecule has 10 heteroatoms. The van der Waals surface area contributed by atoms with E-state index < -0.39 is 26.5 Å². The largest absolute Gasteiger partial charge is 0.505 e. The van der Waals surface area contributed by atoms with Crippen LogP contribution in [-0.4, -0.2) is 17.8 Å². The maximum atomic E-state index is 13.8. The Morgan fingerprint density at radius 2 is 1.42 bits per heavy atom. The number of hydrogen-bond donors (Lipinski definition) is 1. The molecule has 4 nitrogen and oxygen atoms in total. The van der Waals surface area contributed by atoms with Crippen molar-refractivity contribution in [3.63, 3.8) is 0 Å². The molecule has 0 unspecified atom stereocenters. The number of sulfonamides is 1. The standard InChI is InChI=1S/C26H18BrCl3FNO3S/c27-20-10-17(9-19(11-20)18-3-5-21(28)6-4-18)15-32(14-16-1-7-23(31)8-2-16)36(34,35)25-13-22(29)12-24(30)26(25)33/h1-13,33H,14-15H2. The summed E-state index contributed by atoms with van der Waals surface area (Å²) in [4.78, 5) is -0.421. The van der Waals surface area contributed by atoms with Gasteiger partial charge in [-0.05, 0) is 76.9 Å². The number of phenols is 1. The fraction of sp³-hybridized carbons (Fsp3) is 0.0769. The van der Waals surface area contributed by atoms with Crippen LogP contribution in [0.3, 0.4) is 0 Å². The minimum atomic E-state index is -4.29. The summed E-state index contributed by atoms with van der Waals surface area (Å²) in [5.74, 6) is -1.03. The van der Waals surface area contributed by atoms with E-state index in [0.717, 1.165) is 21.7 Å². The normalized spacial score (nSPS) is 11.7. The van der Waals surface area contributed by atoms with Crippen molar-refractivity contribution < 1.29 is 17.9 Å². The van der Waals surface area contributed by atoms with Crippen LogP contribution in [0.25, 0.3) is 11.1 Å². The molecular weight excluding hydrogens is 612 g/mol. The van der Waals surface area contributed by atoms with E-state index in [2.05, 4.69) is 15.9 Å². The van der Waals surface area contributed by atoms with Crippen molar-refractivity contribution in [2.75, 3.05) is 0 Å². The fourth-order valence-electron chi connectivity index (χ4n) is 3.65. The van der Waals surface area contributed by atoms with Gasteiger partial charge in [0.1, 0.15) is 10.7 Å². The Morgan fingerprint density at radius 3 is 2.08 bits per heavy atom. The summed E-state index contributed by atoms with van der Waals surface area (Å²) in [6.07, 6.45) is 0. The average molecular weight is 630 g/mol. The zero-order chi connectivity index (χ0) is 26.0. The van der Waals surface area contributed by atoms with Crippen molar-refractivity contribution in [2.45, 2.75) is 18.0 Å². The first-order valence-electron chi connectivity index (χ1n) is 10.5. The molecule has 0 aliphatic carbocycles. The summed E-state index contributed by atoms with van der Waals surface area (Å²) in [5, 5.41) is 10.9. The Kier molecular flexibility index (Phi) is 8.29. The molecule has 0 saturated carbocycles. The van der Waals surface area contributed by atoms with Gasteiger partial charge in [0.25, 0.3) is 0 Å². The quantitative estimate of drug-likeness (QED) is 0.224. The molecule has 0 amide bonds. The third-order valence-electron chi connectivity index (χ3n) is 5.38. The molecule has 0 atom stereocenters. The van der Waals surface area contributed by atoms with Crippen molar-refractivity contribution in [1.82, 2.24) is 4.31 Å². The number of aromatic hydroxyl groups is 1. The Balaban J connectivity index is 1.78. The van der Waals surface area contributed by atoms with Crippen LogP contribution in [0.15, 0.2) is 88.2 Å². The number of hydrogen-bond acceptors (Lipinski definition) is 3. The van der Waals surface area contributed by atoms with Gasteiger partial charge in [-0.25, -0.2) is 12.8 Å². The predicted molar refractivity (Wildman–Crippen MR) is 146 cm³/mol. The van der Waals surface area contributed by atoms with Crippen LogP contribution >= 0.6 is 50.7 Å². The van der Waals surface area contributed by atoms with Gasteiger partial charge in [0.05, 0.1) is 5.02 Å². The third kappa shape index (κ3) is 6.22. The third-order valence-corrected chi connectivity index (χ3v) is 8.40. The topological polar surface area (TPSA) is 57.6 Å². The highest BCUT2D eigenvalue weighted by molar-refractivity contribution is 9.10. The van der Waals surface area contributed by atoms with Gasteiger partial charge in [0.2, 0.25) is 10.0 Å². The molecule has 186 valence electrons. The Labute approximate surface area is 232 Å². The second-order valence-electron chi connectivity index (χ2n) is 7.99. The molecule has 4 aromatic carbocycles. The molecule has 4 aromatic rings. The van der Waals surface area contributed by atoms with Gasteiger partial charge >= 0.3 is 0 Å². The molecule has 0 aliphatic rings. The van der Waals surface area contributed by atoms with E-state index in [-0.39, 0.29) is 23.1 Å². The fourth-order valence-corrected chi connectivity index (χ4v) is 6.48. The number of nitrogens with zero attached hydrogens (tertiary/aromatic N) is 1. The molecule has 4 rings (SSSR count). The average Bonchev–Trinajstić information content (AvgIpc) is 2.82. The summed E-state index contributed by atoms with van der Waals surface area (Å²) in [6.45, 7) is -0.141. The lowest BCUT2D eigenvalue weighted by Gasteiger charge is -2.24. The molecular formula is C26H18BrCl3FNO3S. The molecule has 36 heavy (non-hydrogen) atoms. The van der Waals surface area contributed by atoms with Crippen LogP contribution in [0, 0.1) is 5.82 Å². The summed E-state index contributed by atoms with van der Waals surface area (Å²) in [5.41, 5.74) is 2.98. The summed E-state index contributed by atoms with van der Waals surface area (Å²) < 4.78 is 42.9. The monoisotopic (exact) mass is 627 g/mol. The van der Waals surface area contributed by atoms with E-state index in [1.54, 1.807) is 18.2 Å². The molecule has 0 aromatic heterocycles. The maximum absolute atomic E-state index is 13.8. The van der Waals surface area contributed by atoms with Gasteiger partial charge in [0, 0.05) is 27.6 Å². The molecule has 0 spiro atoms. The summed E-state index contributed by atoms with van der Waals surface area (Å²) >= 11 is 21.6. The highest BCUT2D eigenvalue weighted by Gasteiger charge is 2.29. The van der Waals surface area contributed by atoms with Crippen LogP contribution in [-0.2, 0) is 23.1 Å². The van der Waals surface area contributed by atoms with Crippen LogP contribution in [0.1, 0.15) is 11.1 Å². The second kappa shape index (κ2) is 11.1. The lowest BCUT2D eigenvalue weighted by molar-refractivity contribution is 0.394. The first kappa shape index (κ1) is 26.9. The van der Waals surface area contributed by atoms with Gasteiger partial charge in [-0.1, -0.05) is 75.0 Å². The molecule has 0 saturated heterocycles. The minimum absolute atomic E-state index is 0.0523. The number of halogens is 5. The first-order chi connectivity index (χ1) is 17.0. The molecule has 1 N–H and O–H groups in total. The maximum Gasteiger partial charge on any atom is 0.247 e. The number of phenolic OH excluding ortho intramolecular Hbond substituents is 1. The smallest absolute Gasteiger partial charge is 0.247 e. The van der Waals surface area contributed by atoms with Crippen molar-refractivity contribution in [1.29, 1.82) is 0 Å². The summed E-state index contributed by atoms with van der Waals surface area (Å²) in [6, 6.07) is 20.8. The van der Waals surface area contributed by atoms with Gasteiger partial charge in [-0.15, -0.1) is 0 Å². The van der Waals surface area contributed by atoms with E-state index in [4.69, 9.17) is 34.8 Å². The van der Waals surface area contributed by atoms with Crippen LogP contribution in [0.5, 0.6) is 5.75 Å². The van der Waals surface area contributed by atoms with E-state index in [1.807, 2.05) is 24.3 Å². The van der Waals surface area contributed by atoms with Crippen LogP contribution < -0.4 is 0 Å². The zero-order valence-corrected chi connectivity index (χ0v) is 23.1. The van der Waals surface area contributed by atoms with Gasteiger partial charge in [0.15, 0.2) is 5.75 Å². The van der Waals surface area contributed by atoms with Crippen LogP contribution in [0.2, 0.25) is 15.1 Å². The van der Waals surface area contributed by atoms with Crippen LogP contribution in [0.4, 0.5) is 4.39 Å². The predicted octanol–water partition coefficient (Wildman–Crippen LogP) is 8.31. The molecule has 0 aliphatic heterocycles. The zero-order valence-electron chi connectivity index (χ0n) is 18.4. The lowest BCUT2D eigenvalue weighted by atomic mass is 10.0. The molecule has 0 radical (unpaired) electrons. The molecule has 0 fully saturated rings. The lowest BCUT2D eigenvalue weighted by Crippen LogP contribution is -2.30. The number of rotatable bonds is 7. The minimum Gasteiger partial charge on any atom is -0.505 e. The Hall–Kier alpha value is -2.13. The second-order valence-corrected chi connectivity index (χ2v) is 12.1. The Morgan fingerprint density at radius 1 is 0.778 bits per heavy atom. The van der Waals surface area contributed by atoms with E-state index in [9.17, 15) is 17.9 Å². The van der Waals surface area contributed by atoms with Gasteiger partial charge < -0.3 is 5.11 Å². The molecule has 0 heterocycles. The van der Waals surface area contributed by atoms with Crippen molar-refractivity contribution in [3.8, 4) is 16.9 Å². The van der Waals surface area contributed by atoms with Crippen molar-refractivity contribution >= 4 is 60.8 Å². The SMILES string of the molecule is O=S(=O)(c1cc(Cl)cc(Cl)c1O)N(Cc1ccc(F)cc1)Cc1cc(Br)cc(-c2ccc(Cl)cc2)c1. The highest BCUT2D eigenvalue weighted by Crippen LogP contribution is 2.37. The number of benzene rings is 4. The van der Waals surface area contributed by atoms with E-state index in [0.29, 0.717) is 16.1 Å². The highest BCUT2D eigenvalue weighted by atomic mass is 79.9. The molecule has 0 bridgehead atoms. The van der Waals surface area contributed by atoms with Crippen molar-refractivity contribution in [3.05, 3.63) is 115 Å². The summed E-state index contributed by atoms with van der Waals surface area (Å²) in [7, 11) is -4.29. The van der Waals surface area contributed by atoms with Gasteiger partial charge in [-0.2, -0.15) is 4.31 Å². The van der Waals surface area contributed by atoms with E-state index in [1.165, 1.54) is 34.6 Å². The van der Waals surface area contributed by atoms with Crippen molar-refractivity contribution in [2.24, 2.45) is 0 Å². The van der Waals surface area contributed by atoms with E-state index >= 15 is 0 Å². The first-order valence-corrected chi connectivity index (χ1v) is 13.9. The van der Waals surface area contributed by atoms with Gasteiger partial charge in [-0.3, -0.25) is 0 Å². The Bertz CT molecular complexity index is 1520.